The summed E-state index contributed by atoms with van der Waals surface area (Å²) in [5.41, 5.74) is 0.0867. The summed E-state index contributed by atoms with van der Waals surface area (Å²) in [7, 11) is -7.82. The third-order valence-electron chi connectivity index (χ3n) is 6.69. The fourth-order valence-corrected chi connectivity index (χ4v) is 7.80. The predicted octanol–water partition coefficient (Wildman–Crippen LogP) is 3.45. The Labute approximate surface area is 269 Å². The number of hydrogen-bond donors (Lipinski definition) is 6. The van der Waals surface area contributed by atoms with Crippen LogP contribution in [0.1, 0.15) is 45.2 Å². The minimum absolute atomic E-state index is 0.0395. The number of pyridine rings is 2. The van der Waals surface area contributed by atoms with E-state index in [0.29, 0.717) is 38.4 Å². The molecule has 2 unspecified atom stereocenters. The van der Waals surface area contributed by atoms with Gasteiger partial charge in [0, 0.05) is 22.4 Å². The van der Waals surface area contributed by atoms with Crippen molar-refractivity contribution in [3.63, 3.8) is 0 Å². The van der Waals surface area contributed by atoms with Gasteiger partial charge in [-0.25, -0.2) is 31.5 Å². The second-order valence-corrected chi connectivity index (χ2v) is 14.7. The van der Waals surface area contributed by atoms with Gasteiger partial charge in [0.05, 0.1) is 35.1 Å². The van der Waals surface area contributed by atoms with Crippen molar-refractivity contribution >= 4 is 65.3 Å². The molecule has 0 amide bonds. The zero-order valence-electron chi connectivity index (χ0n) is 24.4. The SMILES string of the molecule is CCCC(O)C(C)(C)NS(=O)(=O)c1[nH]nc2ncccc12.O=S(=O)(NC(CO)c1cc(Cl)cc(Cl)c1)c1[nH]nc2ncccc12. The van der Waals surface area contributed by atoms with Crippen molar-refractivity contribution in [2.45, 2.75) is 61.3 Å². The third-order valence-corrected chi connectivity index (χ3v) is 10.2. The Morgan fingerprint density at radius 3 is 1.89 bits per heavy atom. The number of sulfonamides is 2. The van der Waals surface area contributed by atoms with Crippen molar-refractivity contribution in [1.29, 1.82) is 0 Å². The van der Waals surface area contributed by atoms with E-state index in [-0.39, 0.29) is 15.7 Å². The molecule has 4 heterocycles. The number of halogens is 2. The van der Waals surface area contributed by atoms with Crippen LogP contribution in [0, 0.1) is 0 Å². The first-order chi connectivity index (χ1) is 21.2. The molecule has 45 heavy (non-hydrogen) atoms. The first kappa shape index (κ1) is 34.6. The standard InChI is InChI=1S/C14H12Cl2N4O3S.C13H20N4O3S/c15-9-4-8(5-10(16)6-9)12(7-21)20-24(22,23)14-11-2-1-3-17-13(11)18-19-14;1-4-6-10(18)13(2,3)17-21(19,20)12-9-7-5-8-14-11(9)15-16-12/h1-6,12,20-21H,7H2,(H,17,18,19);5,7-8,10,17-18H,4,6H2,1-3H3,(H,14,15,16). The molecule has 0 fully saturated rings. The molecule has 0 aliphatic rings. The molecule has 242 valence electrons. The molecule has 0 bridgehead atoms. The average Bonchev–Trinajstić information content (AvgIpc) is 3.61. The number of nitrogens with zero attached hydrogens (tertiary/aromatic N) is 4. The van der Waals surface area contributed by atoms with Gasteiger partial charge >= 0.3 is 0 Å². The summed E-state index contributed by atoms with van der Waals surface area (Å²) in [6.07, 6.45) is 3.56. The van der Waals surface area contributed by atoms with Crippen LogP contribution in [0.15, 0.2) is 64.9 Å². The summed E-state index contributed by atoms with van der Waals surface area (Å²) < 4.78 is 55.2. The summed E-state index contributed by atoms with van der Waals surface area (Å²) in [4.78, 5) is 7.97. The fourth-order valence-electron chi connectivity index (χ4n) is 4.40. The molecule has 0 aliphatic heterocycles. The topological polar surface area (TPSA) is 216 Å². The van der Waals surface area contributed by atoms with Gasteiger partial charge in [-0.05, 0) is 68.3 Å². The number of fused-ring (bicyclic) bond motifs is 2. The number of H-pyrrole nitrogens is 2. The maximum atomic E-state index is 12.6. The van der Waals surface area contributed by atoms with Gasteiger partial charge in [-0.15, -0.1) is 0 Å². The van der Waals surface area contributed by atoms with Crippen LogP contribution in [-0.4, -0.2) is 75.7 Å². The van der Waals surface area contributed by atoms with Crippen LogP contribution in [0.2, 0.25) is 10.0 Å². The molecular formula is C27H32Cl2N8O6S2. The fraction of sp³-hybridized carbons (Fsp3) is 0.333. The van der Waals surface area contributed by atoms with Crippen LogP contribution < -0.4 is 9.44 Å². The number of aliphatic hydroxyl groups is 2. The number of nitrogens with one attached hydrogen (secondary N) is 4. The molecular weight excluding hydrogens is 667 g/mol. The van der Waals surface area contributed by atoms with Crippen LogP contribution in [0.3, 0.4) is 0 Å². The zero-order chi connectivity index (χ0) is 33.0. The molecule has 0 radical (unpaired) electrons. The Morgan fingerprint density at radius 2 is 1.40 bits per heavy atom. The van der Waals surface area contributed by atoms with Crippen LogP contribution in [-0.2, 0) is 20.0 Å². The molecule has 5 aromatic rings. The lowest BCUT2D eigenvalue weighted by Crippen LogP contribution is -2.52. The summed E-state index contributed by atoms with van der Waals surface area (Å²) in [6, 6.07) is 10.1. The van der Waals surface area contributed by atoms with E-state index in [1.165, 1.54) is 24.4 Å². The van der Waals surface area contributed by atoms with E-state index < -0.39 is 44.3 Å². The zero-order valence-corrected chi connectivity index (χ0v) is 27.5. The minimum atomic E-state index is -3.98. The first-order valence-electron chi connectivity index (χ1n) is 13.6. The highest BCUT2D eigenvalue weighted by atomic mass is 35.5. The van der Waals surface area contributed by atoms with Gasteiger partial charge in [0.2, 0.25) is 0 Å². The maximum Gasteiger partial charge on any atom is 0.258 e. The third kappa shape index (κ3) is 8.14. The lowest BCUT2D eigenvalue weighted by Gasteiger charge is -2.30. The molecule has 4 aromatic heterocycles. The van der Waals surface area contributed by atoms with Crippen LogP contribution in [0.25, 0.3) is 22.1 Å². The van der Waals surface area contributed by atoms with E-state index in [4.69, 9.17) is 23.2 Å². The van der Waals surface area contributed by atoms with E-state index in [0.717, 1.165) is 6.42 Å². The van der Waals surface area contributed by atoms with Crippen molar-refractivity contribution < 1.29 is 27.0 Å². The van der Waals surface area contributed by atoms with E-state index in [1.54, 1.807) is 44.3 Å². The van der Waals surface area contributed by atoms with E-state index >= 15 is 0 Å². The molecule has 1 aromatic carbocycles. The maximum absolute atomic E-state index is 12.6. The van der Waals surface area contributed by atoms with Crippen LogP contribution in [0.4, 0.5) is 0 Å². The number of benzene rings is 1. The normalized spacial score (nSPS) is 13.8. The predicted molar refractivity (Wildman–Crippen MR) is 170 cm³/mol. The summed E-state index contributed by atoms with van der Waals surface area (Å²) in [6.45, 7) is 4.77. The van der Waals surface area contributed by atoms with Crippen molar-refractivity contribution in [2.75, 3.05) is 6.61 Å². The average molecular weight is 700 g/mol. The second kappa shape index (κ2) is 14.0. The molecule has 18 heteroatoms. The van der Waals surface area contributed by atoms with Crippen LogP contribution >= 0.6 is 23.2 Å². The molecule has 0 saturated heterocycles. The quantitative estimate of drug-likeness (QED) is 0.118. The van der Waals surface area contributed by atoms with Gasteiger partial charge in [0.1, 0.15) is 0 Å². The Morgan fingerprint density at radius 1 is 0.889 bits per heavy atom. The lowest BCUT2D eigenvalue weighted by molar-refractivity contribution is 0.0853. The minimum Gasteiger partial charge on any atom is -0.394 e. The molecule has 6 N–H and O–H groups in total. The second-order valence-electron chi connectivity index (χ2n) is 10.5. The van der Waals surface area contributed by atoms with E-state index in [9.17, 15) is 27.0 Å². The largest absolute Gasteiger partial charge is 0.394 e. The highest BCUT2D eigenvalue weighted by Gasteiger charge is 2.34. The number of aromatic amines is 2. The molecule has 5 rings (SSSR count). The number of hydrogen-bond acceptors (Lipinski definition) is 10. The summed E-state index contributed by atoms with van der Waals surface area (Å²) in [5, 5.41) is 33.7. The number of aliphatic hydroxyl groups excluding tert-OH is 2. The van der Waals surface area contributed by atoms with Gasteiger partial charge in [0.15, 0.2) is 21.3 Å². The molecule has 2 atom stereocenters. The Balaban J connectivity index is 0.000000207. The van der Waals surface area contributed by atoms with E-state index in [1.807, 2.05) is 6.92 Å². The molecule has 0 aliphatic carbocycles. The van der Waals surface area contributed by atoms with E-state index in [2.05, 4.69) is 39.8 Å². The Bertz CT molecular complexity index is 1980. The lowest BCUT2D eigenvalue weighted by atomic mass is 9.95. The van der Waals surface area contributed by atoms with Crippen molar-refractivity contribution in [2.24, 2.45) is 0 Å². The van der Waals surface area contributed by atoms with Gasteiger partial charge in [-0.2, -0.15) is 14.9 Å². The number of rotatable bonds is 11. The highest BCUT2D eigenvalue weighted by Crippen LogP contribution is 2.26. The van der Waals surface area contributed by atoms with Gasteiger partial charge < -0.3 is 10.2 Å². The van der Waals surface area contributed by atoms with Gasteiger partial charge in [-0.1, -0.05) is 36.5 Å². The van der Waals surface area contributed by atoms with Crippen molar-refractivity contribution in [1.82, 2.24) is 39.8 Å². The van der Waals surface area contributed by atoms with Crippen LogP contribution in [0.5, 0.6) is 0 Å². The monoisotopic (exact) mass is 698 g/mol. The smallest absolute Gasteiger partial charge is 0.258 e. The Kier molecular flexibility index (Phi) is 10.8. The Hall–Kier alpha value is -3.22. The van der Waals surface area contributed by atoms with Crippen molar-refractivity contribution in [3.8, 4) is 0 Å². The summed E-state index contributed by atoms with van der Waals surface area (Å²) >= 11 is 11.9. The molecule has 14 nitrogen and oxygen atoms in total. The molecule has 0 saturated carbocycles. The summed E-state index contributed by atoms with van der Waals surface area (Å²) in [5.74, 6) is 0. The number of aromatic nitrogens is 6. The molecule has 0 spiro atoms. The highest BCUT2D eigenvalue weighted by molar-refractivity contribution is 7.90. The van der Waals surface area contributed by atoms with Crippen molar-refractivity contribution in [3.05, 3.63) is 70.5 Å². The van der Waals surface area contributed by atoms with Gasteiger partial charge in [-0.3, -0.25) is 10.2 Å². The van der Waals surface area contributed by atoms with Gasteiger partial charge in [0.25, 0.3) is 20.0 Å². The first-order valence-corrected chi connectivity index (χ1v) is 17.3.